The summed E-state index contributed by atoms with van der Waals surface area (Å²) >= 11 is 0. The Morgan fingerprint density at radius 2 is 2.30 bits per heavy atom. The van der Waals surface area contributed by atoms with Crippen LogP contribution in [0.2, 0.25) is 0 Å². The van der Waals surface area contributed by atoms with Gasteiger partial charge in [-0.25, -0.2) is 9.78 Å². The van der Waals surface area contributed by atoms with E-state index < -0.39 is 12.0 Å². The van der Waals surface area contributed by atoms with Gasteiger partial charge in [0.25, 0.3) is 0 Å². The highest BCUT2D eigenvalue weighted by molar-refractivity contribution is 5.87. The van der Waals surface area contributed by atoms with Gasteiger partial charge >= 0.3 is 5.97 Å². The van der Waals surface area contributed by atoms with Crippen LogP contribution in [-0.4, -0.2) is 45.6 Å². The van der Waals surface area contributed by atoms with E-state index in [1.807, 2.05) is 0 Å². The number of aromatic nitrogens is 2. The summed E-state index contributed by atoms with van der Waals surface area (Å²) in [6, 6.07) is -1.23. The summed E-state index contributed by atoms with van der Waals surface area (Å²) in [4.78, 5) is 30.1. The lowest BCUT2D eigenvalue weighted by Crippen LogP contribution is -2.50. The molecule has 7 nitrogen and oxygen atoms in total. The van der Waals surface area contributed by atoms with Crippen LogP contribution in [0.1, 0.15) is 31.4 Å². The molecule has 2 rings (SSSR count). The zero-order chi connectivity index (χ0) is 14.4. The van der Waals surface area contributed by atoms with Crippen LogP contribution in [0.4, 0.5) is 0 Å². The topological polar surface area (TPSA) is 107 Å². The maximum absolute atomic E-state index is 12.1. The van der Waals surface area contributed by atoms with Gasteiger partial charge in [0.1, 0.15) is 6.04 Å². The minimum absolute atomic E-state index is 0.202. The van der Waals surface area contributed by atoms with Crippen molar-refractivity contribution >= 4 is 11.9 Å². The van der Waals surface area contributed by atoms with Crippen LogP contribution in [0.5, 0.6) is 0 Å². The van der Waals surface area contributed by atoms with Gasteiger partial charge in [-0.15, -0.1) is 0 Å². The van der Waals surface area contributed by atoms with Crippen LogP contribution in [0.3, 0.4) is 0 Å². The van der Waals surface area contributed by atoms with E-state index in [0.29, 0.717) is 5.69 Å². The lowest BCUT2D eigenvalue weighted by atomic mass is 10.1. The number of carbonyl (C=O) groups excluding carboxylic acids is 1. The lowest BCUT2D eigenvalue weighted by molar-refractivity contribution is -0.142. The molecule has 2 heterocycles. The molecule has 20 heavy (non-hydrogen) atoms. The predicted octanol–water partition coefficient (Wildman–Crippen LogP) is 0.0538. The number of imidazole rings is 1. The van der Waals surface area contributed by atoms with Crippen molar-refractivity contribution in [3.05, 3.63) is 18.2 Å². The number of H-pyrrole nitrogens is 1. The molecule has 1 unspecified atom stereocenters. The van der Waals surface area contributed by atoms with Crippen molar-refractivity contribution in [2.75, 3.05) is 6.54 Å². The van der Waals surface area contributed by atoms with Gasteiger partial charge in [0, 0.05) is 18.3 Å². The first-order valence-corrected chi connectivity index (χ1v) is 6.90. The molecule has 0 spiro atoms. The Balaban J connectivity index is 1.93. The number of rotatable bonds is 5. The molecule has 0 radical (unpaired) electrons. The molecule has 1 fully saturated rings. The number of aromatic amines is 1. The first kappa shape index (κ1) is 14.5. The molecule has 1 saturated heterocycles. The van der Waals surface area contributed by atoms with Crippen molar-refractivity contribution in [1.82, 2.24) is 20.6 Å². The summed E-state index contributed by atoms with van der Waals surface area (Å²) < 4.78 is 0. The monoisotopic (exact) mass is 280 g/mol. The van der Waals surface area contributed by atoms with Gasteiger partial charge in [-0.2, -0.15) is 0 Å². The number of hydrogen-bond donors (Lipinski definition) is 4. The molecule has 1 aliphatic heterocycles. The second kappa shape index (κ2) is 7.04. The van der Waals surface area contributed by atoms with Gasteiger partial charge in [-0.1, -0.05) is 12.8 Å². The smallest absolute Gasteiger partial charge is 0.326 e. The largest absolute Gasteiger partial charge is 0.480 e. The van der Waals surface area contributed by atoms with Gasteiger partial charge in [-0.3, -0.25) is 4.79 Å². The van der Waals surface area contributed by atoms with Gasteiger partial charge in [0.2, 0.25) is 5.91 Å². The molecule has 1 aromatic rings. The van der Waals surface area contributed by atoms with Crippen molar-refractivity contribution in [3.8, 4) is 0 Å². The second-order valence-corrected chi connectivity index (χ2v) is 5.04. The molecule has 4 N–H and O–H groups in total. The van der Waals surface area contributed by atoms with Gasteiger partial charge < -0.3 is 20.7 Å². The Morgan fingerprint density at radius 3 is 3.00 bits per heavy atom. The van der Waals surface area contributed by atoms with E-state index >= 15 is 0 Å². The third-order valence-corrected chi connectivity index (χ3v) is 3.47. The SMILES string of the molecule is O=C(N[C@@H](Cc1cnc[nH]1)C(=O)O)C1CCCCCN1. The summed E-state index contributed by atoms with van der Waals surface area (Å²) in [7, 11) is 0. The minimum atomic E-state index is -1.04. The Hall–Kier alpha value is -1.89. The van der Waals surface area contributed by atoms with Crippen molar-refractivity contribution in [2.45, 2.75) is 44.2 Å². The molecule has 1 aromatic heterocycles. The molecule has 0 aromatic carbocycles. The molecule has 1 amide bonds. The number of aliphatic carboxylic acids is 1. The number of hydrogen-bond acceptors (Lipinski definition) is 4. The Labute approximate surface area is 117 Å². The van der Waals surface area contributed by atoms with E-state index in [9.17, 15) is 14.7 Å². The van der Waals surface area contributed by atoms with Crippen molar-refractivity contribution in [3.63, 3.8) is 0 Å². The van der Waals surface area contributed by atoms with Crippen LogP contribution in [-0.2, 0) is 16.0 Å². The highest BCUT2D eigenvalue weighted by Crippen LogP contribution is 2.09. The van der Waals surface area contributed by atoms with Gasteiger partial charge in [-0.05, 0) is 19.4 Å². The van der Waals surface area contributed by atoms with Crippen LogP contribution < -0.4 is 10.6 Å². The zero-order valence-corrected chi connectivity index (χ0v) is 11.3. The first-order valence-electron chi connectivity index (χ1n) is 6.90. The maximum Gasteiger partial charge on any atom is 0.326 e. The zero-order valence-electron chi connectivity index (χ0n) is 11.3. The molecule has 1 aliphatic rings. The molecular formula is C13H20N4O3. The maximum atomic E-state index is 12.1. The summed E-state index contributed by atoms with van der Waals surface area (Å²) in [6.07, 6.45) is 7.15. The normalized spacial score (nSPS) is 20.9. The Kier molecular flexibility index (Phi) is 5.11. The third-order valence-electron chi connectivity index (χ3n) is 3.47. The number of amides is 1. The molecule has 110 valence electrons. The third kappa shape index (κ3) is 4.06. The molecule has 2 atom stereocenters. The summed E-state index contributed by atoms with van der Waals surface area (Å²) in [6.45, 7) is 0.802. The minimum Gasteiger partial charge on any atom is -0.480 e. The Morgan fingerprint density at radius 1 is 1.45 bits per heavy atom. The van der Waals surface area contributed by atoms with E-state index in [-0.39, 0.29) is 18.4 Å². The number of nitrogens with one attached hydrogen (secondary N) is 3. The predicted molar refractivity (Wildman–Crippen MR) is 72.1 cm³/mol. The lowest BCUT2D eigenvalue weighted by Gasteiger charge is -2.19. The highest BCUT2D eigenvalue weighted by Gasteiger charge is 2.26. The number of carbonyl (C=O) groups is 2. The highest BCUT2D eigenvalue weighted by atomic mass is 16.4. The van der Waals surface area contributed by atoms with E-state index in [1.165, 1.54) is 6.33 Å². The van der Waals surface area contributed by atoms with E-state index in [4.69, 9.17) is 0 Å². The average Bonchev–Trinajstić information content (AvgIpc) is 2.77. The fourth-order valence-electron chi connectivity index (χ4n) is 2.34. The van der Waals surface area contributed by atoms with Crippen molar-refractivity contribution < 1.29 is 14.7 Å². The van der Waals surface area contributed by atoms with Crippen LogP contribution in [0, 0.1) is 0 Å². The molecule has 0 saturated carbocycles. The van der Waals surface area contributed by atoms with Crippen molar-refractivity contribution in [1.29, 1.82) is 0 Å². The van der Waals surface area contributed by atoms with E-state index in [2.05, 4.69) is 20.6 Å². The average molecular weight is 280 g/mol. The second-order valence-electron chi connectivity index (χ2n) is 5.04. The number of nitrogens with zero attached hydrogens (tertiary/aromatic N) is 1. The molecule has 0 aliphatic carbocycles. The summed E-state index contributed by atoms with van der Waals surface area (Å²) in [5, 5.41) is 15.0. The van der Waals surface area contributed by atoms with Crippen LogP contribution in [0.15, 0.2) is 12.5 Å². The number of carboxylic acids is 1. The molecule has 0 bridgehead atoms. The van der Waals surface area contributed by atoms with Crippen LogP contribution in [0.25, 0.3) is 0 Å². The van der Waals surface area contributed by atoms with E-state index in [1.54, 1.807) is 6.20 Å². The van der Waals surface area contributed by atoms with Crippen molar-refractivity contribution in [2.24, 2.45) is 0 Å². The fourth-order valence-corrected chi connectivity index (χ4v) is 2.34. The summed E-state index contributed by atoms with van der Waals surface area (Å²) in [5.41, 5.74) is 0.687. The molecular weight excluding hydrogens is 260 g/mol. The van der Waals surface area contributed by atoms with Crippen LogP contribution >= 0.6 is 0 Å². The van der Waals surface area contributed by atoms with E-state index in [0.717, 1.165) is 32.2 Å². The van der Waals surface area contributed by atoms with Gasteiger partial charge in [0.15, 0.2) is 0 Å². The first-order chi connectivity index (χ1) is 9.66. The molecule has 7 heteroatoms. The summed E-state index contributed by atoms with van der Waals surface area (Å²) in [5.74, 6) is -1.28. The Bertz CT molecular complexity index is 438. The standard InChI is InChI=1S/C13H20N4O3/c18-12(10-4-2-1-3-5-15-10)17-11(13(19)20)6-9-7-14-8-16-9/h7-8,10-11,15H,1-6H2,(H,14,16)(H,17,18)(H,19,20)/t10?,11-/m0/s1. The van der Waals surface area contributed by atoms with Gasteiger partial charge in [0.05, 0.1) is 12.4 Å². The number of carboxylic acid groups (broad SMARTS) is 1. The quantitative estimate of drug-likeness (QED) is 0.610. The fraction of sp³-hybridized carbons (Fsp3) is 0.615.